The molecule has 6 heteroatoms. The number of alkyl halides is 3. The molecule has 0 fully saturated rings. The molecule has 1 unspecified atom stereocenters. The van der Waals surface area contributed by atoms with E-state index in [0.29, 0.717) is 5.69 Å². The fourth-order valence-electron chi connectivity index (χ4n) is 1.87. The van der Waals surface area contributed by atoms with Gasteiger partial charge >= 0.3 is 6.18 Å². The van der Waals surface area contributed by atoms with E-state index in [4.69, 9.17) is 5.73 Å². The third-order valence-corrected chi connectivity index (χ3v) is 2.95. The van der Waals surface area contributed by atoms with Gasteiger partial charge in [-0.1, -0.05) is 25.6 Å². The van der Waals surface area contributed by atoms with E-state index in [0.717, 1.165) is 18.9 Å². The van der Waals surface area contributed by atoms with E-state index in [-0.39, 0.29) is 16.6 Å². The van der Waals surface area contributed by atoms with Crippen LogP contribution in [-0.2, 0) is 6.18 Å². The van der Waals surface area contributed by atoms with Crippen LogP contribution in [0.1, 0.15) is 37.8 Å². The maximum absolute atomic E-state index is 12.9. The zero-order chi connectivity index (χ0) is 14.6. The highest BCUT2D eigenvalue weighted by Gasteiger charge is 2.34. The zero-order valence-corrected chi connectivity index (χ0v) is 11.7. The lowest BCUT2D eigenvalue weighted by Gasteiger charge is -2.18. The predicted molar refractivity (Wildman–Crippen MR) is 75.3 cm³/mol. The van der Waals surface area contributed by atoms with Gasteiger partial charge in [0.15, 0.2) is 0 Å². The summed E-state index contributed by atoms with van der Waals surface area (Å²) in [6.45, 7) is 3.95. The maximum atomic E-state index is 12.9. The Bertz CT molecular complexity index is 458. The summed E-state index contributed by atoms with van der Waals surface area (Å²) in [6, 6.07) is 4.05. The summed E-state index contributed by atoms with van der Waals surface area (Å²) in [4.78, 5) is -0.250. The van der Waals surface area contributed by atoms with Crippen LogP contribution in [0, 0.1) is 0 Å². The molecule has 0 saturated carbocycles. The van der Waals surface area contributed by atoms with E-state index in [1.165, 1.54) is 6.07 Å². The third kappa shape index (κ3) is 4.38. The lowest BCUT2D eigenvalue weighted by Crippen LogP contribution is -2.20. The zero-order valence-electron chi connectivity index (χ0n) is 10.8. The molecule has 0 amide bonds. The van der Waals surface area contributed by atoms with Crippen molar-refractivity contribution < 1.29 is 13.2 Å². The Kier molecular flexibility index (Phi) is 5.17. The summed E-state index contributed by atoms with van der Waals surface area (Å²) < 4.78 is 38.8. The normalized spacial score (nSPS) is 13.1. The fourth-order valence-corrected chi connectivity index (χ4v) is 2.05. The summed E-state index contributed by atoms with van der Waals surface area (Å²) in [6.07, 6.45) is -2.62. The predicted octanol–water partition coefficient (Wildman–Crippen LogP) is 3.94. The monoisotopic (exact) mass is 290 g/mol. The minimum Gasteiger partial charge on any atom is -0.389 e. The van der Waals surface area contributed by atoms with Crippen LogP contribution in [0.3, 0.4) is 0 Å². The standard InChI is InChI=1S/C13H17F3N2S/c1-3-4-8(2)18-9-5-6-10(12(17)19)11(7-9)13(14,15)16/h5-8,18H,3-4H2,1-2H3,(H2,17,19). The minimum atomic E-state index is -4.47. The van der Waals surface area contributed by atoms with Crippen LogP contribution in [0.2, 0.25) is 0 Å². The average molecular weight is 290 g/mol. The Hall–Kier alpha value is -1.30. The van der Waals surface area contributed by atoms with Gasteiger partial charge < -0.3 is 11.1 Å². The second-order valence-electron chi connectivity index (χ2n) is 4.46. The number of nitrogens with two attached hydrogens (primary N) is 1. The highest BCUT2D eigenvalue weighted by molar-refractivity contribution is 7.80. The minimum absolute atomic E-state index is 0.113. The number of benzene rings is 1. The van der Waals surface area contributed by atoms with E-state index < -0.39 is 11.7 Å². The van der Waals surface area contributed by atoms with Crippen molar-refractivity contribution in [1.29, 1.82) is 0 Å². The van der Waals surface area contributed by atoms with Gasteiger partial charge in [-0.25, -0.2) is 0 Å². The molecule has 0 saturated heterocycles. The van der Waals surface area contributed by atoms with Gasteiger partial charge in [0.1, 0.15) is 4.99 Å². The second-order valence-corrected chi connectivity index (χ2v) is 4.90. The van der Waals surface area contributed by atoms with Crippen molar-refractivity contribution in [1.82, 2.24) is 0 Å². The number of nitrogens with one attached hydrogen (secondary N) is 1. The number of halogens is 3. The van der Waals surface area contributed by atoms with Crippen LogP contribution in [0.25, 0.3) is 0 Å². The molecule has 2 nitrogen and oxygen atoms in total. The van der Waals surface area contributed by atoms with Gasteiger partial charge in [0.2, 0.25) is 0 Å². The molecule has 0 radical (unpaired) electrons. The third-order valence-electron chi connectivity index (χ3n) is 2.73. The van der Waals surface area contributed by atoms with Gasteiger partial charge in [-0.05, 0) is 31.5 Å². The molecule has 0 aliphatic rings. The molecule has 106 valence electrons. The largest absolute Gasteiger partial charge is 0.417 e. The average Bonchev–Trinajstić information content (AvgIpc) is 2.27. The van der Waals surface area contributed by atoms with Crippen LogP contribution >= 0.6 is 12.2 Å². The Labute approximate surface area is 116 Å². The number of thiocarbonyl (C=S) groups is 1. The molecule has 1 atom stereocenters. The first-order chi connectivity index (χ1) is 8.75. The second kappa shape index (κ2) is 6.23. The van der Waals surface area contributed by atoms with Gasteiger partial charge in [0.05, 0.1) is 5.56 Å². The molecule has 1 aromatic carbocycles. The first-order valence-electron chi connectivity index (χ1n) is 6.03. The van der Waals surface area contributed by atoms with Crippen molar-refractivity contribution in [3.63, 3.8) is 0 Å². The smallest absolute Gasteiger partial charge is 0.389 e. The summed E-state index contributed by atoms with van der Waals surface area (Å²) in [7, 11) is 0. The van der Waals surface area contributed by atoms with Crippen LogP contribution in [0.5, 0.6) is 0 Å². The van der Waals surface area contributed by atoms with Crippen molar-refractivity contribution in [3.05, 3.63) is 29.3 Å². The molecule has 3 N–H and O–H groups in total. The number of hydrogen-bond acceptors (Lipinski definition) is 2. The SMILES string of the molecule is CCCC(C)Nc1ccc(C(N)=S)c(C(F)(F)F)c1. The summed E-state index contributed by atoms with van der Waals surface area (Å²) in [5.41, 5.74) is 4.81. The van der Waals surface area contributed by atoms with Crippen LogP contribution in [0.15, 0.2) is 18.2 Å². The molecule has 19 heavy (non-hydrogen) atoms. The molecule has 1 rings (SSSR count). The number of rotatable bonds is 5. The van der Waals surface area contributed by atoms with Crippen molar-refractivity contribution >= 4 is 22.9 Å². The summed E-state index contributed by atoms with van der Waals surface area (Å²) in [5.74, 6) is 0. The molecule has 0 heterocycles. The topological polar surface area (TPSA) is 38.0 Å². The molecular weight excluding hydrogens is 273 g/mol. The Morgan fingerprint density at radius 3 is 2.53 bits per heavy atom. The molecule has 0 aromatic heterocycles. The van der Waals surface area contributed by atoms with Gasteiger partial charge in [-0.3, -0.25) is 0 Å². The molecule has 0 spiro atoms. The molecule has 0 bridgehead atoms. The Morgan fingerprint density at radius 1 is 1.42 bits per heavy atom. The van der Waals surface area contributed by atoms with Gasteiger partial charge in [0, 0.05) is 17.3 Å². The van der Waals surface area contributed by atoms with Crippen molar-refractivity contribution in [3.8, 4) is 0 Å². The van der Waals surface area contributed by atoms with Crippen LogP contribution in [-0.4, -0.2) is 11.0 Å². The van der Waals surface area contributed by atoms with Crippen molar-refractivity contribution in [2.45, 2.75) is 38.9 Å². The van der Waals surface area contributed by atoms with Gasteiger partial charge in [0.25, 0.3) is 0 Å². The molecule has 0 aliphatic heterocycles. The number of anilines is 1. The first-order valence-corrected chi connectivity index (χ1v) is 6.44. The summed E-state index contributed by atoms with van der Waals surface area (Å²) in [5, 5.41) is 3.04. The van der Waals surface area contributed by atoms with Crippen LogP contribution < -0.4 is 11.1 Å². The van der Waals surface area contributed by atoms with E-state index in [9.17, 15) is 13.2 Å². The fraction of sp³-hybridized carbons (Fsp3) is 0.462. The Morgan fingerprint density at radius 2 is 2.05 bits per heavy atom. The molecular formula is C13H17F3N2S. The lowest BCUT2D eigenvalue weighted by molar-refractivity contribution is -0.137. The van der Waals surface area contributed by atoms with Crippen LogP contribution in [0.4, 0.5) is 18.9 Å². The molecule has 0 aliphatic carbocycles. The lowest BCUT2D eigenvalue weighted by atomic mass is 10.1. The van der Waals surface area contributed by atoms with Gasteiger partial charge in [-0.2, -0.15) is 13.2 Å². The van der Waals surface area contributed by atoms with Crippen molar-refractivity contribution in [2.24, 2.45) is 5.73 Å². The van der Waals surface area contributed by atoms with E-state index in [1.807, 2.05) is 13.8 Å². The highest BCUT2D eigenvalue weighted by atomic mass is 32.1. The first kappa shape index (κ1) is 15.8. The van der Waals surface area contributed by atoms with E-state index in [2.05, 4.69) is 17.5 Å². The quantitative estimate of drug-likeness (QED) is 0.807. The molecule has 1 aromatic rings. The Balaban J connectivity index is 3.09. The highest BCUT2D eigenvalue weighted by Crippen LogP contribution is 2.34. The van der Waals surface area contributed by atoms with E-state index in [1.54, 1.807) is 6.07 Å². The summed E-state index contributed by atoms with van der Waals surface area (Å²) >= 11 is 4.65. The van der Waals surface area contributed by atoms with Crippen molar-refractivity contribution in [2.75, 3.05) is 5.32 Å². The maximum Gasteiger partial charge on any atom is 0.417 e. The van der Waals surface area contributed by atoms with E-state index >= 15 is 0 Å². The van der Waals surface area contributed by atoms with Gasteiger partial charge in [-0.15, -0.1) is 0 Å². The number of hydrogen-bond donors (Lipinski definition) is 2.